The third-order valence-electron chi connectivity index (χ3n) is 3.95. The number of aryl methyl sites for hydroxylation is 1. The van der Waals surface area contributed by atoms with Crippen molar-refractivity contribution in [2.75, 3.05) is 6.61 Å². The highest BCUT2D eigenvalue weighted by Gasteiger charge is 2.47. The molecule has 0 atom stereocenters. The van der Waals surface area contributed by atoms with Crippen molar-refractivity contribution < 1.29 is 9.53 Å². The van der Waals surface area contributed by atoms with Crippen molar-refractivity contribution in [3.63, 3.8) is 0 Å². The van der Waals surface area contributed by atoms with E-state index in [0.29, 0.717) is 12.5 Å². The van der Waals surface area contributed by atoms with Crippen molar-refractivity contribution in [3.05, 3.63) is 11.6 Å². The van der Waals surface area contributed by atoms with Crippen molar-refractivity contribution in [1.82, 2.24) is 14.8 Å². The zero-order valence-corrected chi connectivity index (χ0v) is 13.0. The van der Waals surface area contributed by atoms with Crippen LogP contribution in [0.1, 0.15) is 58.1 Å². The Labute approximate surface area is 120 Å². The lowest BCUT2D eigenvalue weighted by Gasteiger charge is -2.24. The van der Waals surface area contributed by atoms with Crippen LogP contribution in [0.15, 0.2) is 0 Å². The normalized spacial score (nSPS) is 17.6. The van der Waals surface area contributed by atoms with Crippen LogP contribution in [-0.2, 0) is 28.4 Å². The molecular formula is C15H25N3O2. The first-order valence-electron chi connectivity index (χ1n) is 7.57. The molecule has 0 bridgehead atoms. The molecule has 0 N–H and O–H groups in total. The Morgan fingerprint density at radius 3 is 2.60 bits per heavy atom. The van der Waals surface area contributed by atoms with E-state index in [1.165, 1.54) is 0 Å². The molecule has 0 saturated heterocycles. The van der Waals surface area contributed by atoms with E-state index in [1.54, 1.807) is 4.68 Å². The van der Waals surface area contributed by atoms with Gasteiger partial charge in [-0.15, -0.1) is 0 Å². The molecule has 20 heavy (non-hydrogen) atoms. The fraction of sp³-hybridized carbons (Fsp3) is 0.800. The second kappa shape index (κ2) is 5.94. The number of rotatable bonds is 5. The number of aromatic nitrogens is 3. The first-order chi connectivity index (χ1) is 9.49. The van der Waals surface area contributed by atoms with Crippen LogP contribution in [-0.4, -0.2) is 27.3 Å². The van der Waals surface area contributed by atoms with Gasteiger partial charge in [-0.25, -0.2) is 4.98 Å². The molecule has 0 aromatic carbocycles. The number of esters is 1. The largest absolute Gasteiger partial charge is 0.465 e. The van der Waals surface area contributed by atoms with Gasteiger partial charge >= 0.3 is 5.97 Å². The summed E-state index contributed by atoms with van der Waals surface area (Å²) < 4.78 is 7.09. The van der Waals surface area contributed by atoms with Crippen molar-refractivity contribution in [2.45, 2.75) is 58.3 Å². The number of nitrogens with zero attached hydrogens (tertiary/aromatic N) is 3. The average molecular weight is 279 g/mol. The molecule has 1 heterocycles. The van der Waals surface area contributed by atoms with Crippen molar-refractivity contribution in [1.29, 1.82) is 0 Å². The number of hydrogen-bond acceptors (Lipinski definition) is 4. The monoisotopic (exact) mass is 279 g/mol. The number of hydrogen-bond donors (Lipinski definition) is 0. The van der Waals surface area contributed by atoms with Crippen LogP contribution in [0.5, 0.6) is 0 Å². The van der Waals surface area contributed by atoms with E-state index in [2.05, 4.69) is 23.9 Å². The minimum absolute atomic E-state index is 0.135. The average Bonchev–Trinajstić information content (AvgIpc) is 2.96. The molecule has 1 fully saturated rings. The fourth-order valence-corrected chi connectivity index (χ4v) is 3.07. The van der Waals surface area contributed by atoms with Crippen LogP contribution < -0.4 is 0 Å². The standard InChI is InChI=1S/C15H25N3O2/c1-5-20-14(19)15(8-6-7-9-15)13-16-12(10-11(2)3)17-18(13)4/h11H,5-10H2,1-4H3. The number of ether oxygens (including phenoxy) is 1. The molecule has 0 radical (unpaired) electrons. The SMILES string of the molecule is CCOC(=O)C1(c2nc(CC(C)C)nn2C)CCCC1. The quantitative estimate of drug-likeness (QED) is 0.777. The summed E-state index contributed by atoms with van der Waals surface area (Å²) in [4.78, 5) is 17.1. The molecule has 0 aliphatic heterocycles. The summed E-state index contributed by atoms with van der Waals surface area (Å²) in [6.45, 7) is 6.55. The van der Waals surface area contributed by atoms with Gasteiger partial charge in [-0.2, -0.15) is 5.10 Å². The summed E-state index contributed by atoms with van der Waals surface area (Å²) in [6.07, 6.45) is 4.57. The molecule has 1 aromatic rings. The van der Waals surface area contributed by atoms with Gasteiger partial charge in [0.2, 0.25) is 0 Å². The lowest BCUT2D eigenvalue weighted by Crippen LogP contribution is -2.37. The molecule has 1 aliphatic rings. The summed E-state index contributed by atoms with van der Waals surface area (Å²) in [5.41, 5.74) is -0.576. The fourth-order valence-electron chi connectivity index (χ4n) is 3.07. The van der Waals surface area contributed by atoms with Crippen molar-refractivity contribution in [3.8, 4) is 0 Å². The molecule has 0 spiro atoms. The lowest BCUT2D eigenvalue weighted by atomic mass is 9.85. The van der Waals surface area contributed by atoms with Gasteiger partial charge in [0, 0.05) is 13.5 Å². The molecule has 1 saturated carbocycles. The molecule has 0 unspecified atom stereocenters. The van der Waals surface area contributed by atoms with E-state index in [9.17, 15) is 4.79 Å². The van der Waals surface area contributed by atoms with Crippen LogP contribution in [0.25, 0.3) is 0 Å². The van der Waals surface area contributed by atoms with Crippen LogP contribution >= 0.6 is 0 Å². The first kappa shape index (κ1) is 15.0. The summed E-state index contributed by atoms with van der Waals surface area (Å²) in [5.74, 6) is 1.98. The van der Waals surface area contributed by atoms with Crippen LogP contribution in [0.3, 0.4) is 0 Å². The molecule has 2 rings (SSSR count). The Hall–Kier alpha value is -1.39. The Balaban J connectivity index is 2.34. The molecule has 1 aliphatic carbocycles. The Kier molecular flexibility index (Phi) is 4.45. The van der Waals surface area contributed by atoms with Crippen molar-refractivity contribution >= 4 is 5.97 Å². The summed E-state index contributed by atoms with van der Waals surface area (Å²) >= 11 is 0. The van der Waals surface area contributed by atoms with Gasteiger partial charge in [0.05, 0.1) is 6.61 Å². The Bertz CT molecular complexity index is 473. The maximum absolute atomic E-state index is 12.4. The highest BCUT2D eigenvalue weighted by molar-refractivity contribution is 5.82. The summed E-state index contributed by atoms with van der Waals surface area (Å²) in [6, 6.07) is 0. The van der Waals surface area contributed by atoms with Gasteiger partial charge in [-0.1, -0.05) is 26.7 Å². The van der Waals surface area contributed by atoms with E-state index < -0.39 is 5.41 Å². The summed E-state index contributed by atoms with van der Waals surface area (Å²) in [5, 5.41) is 4.48. The molecule has 112 valence electrons. The summed E-state index contributed by atoms with van der Waals surface area (Å²) in [7, 11) is 1.88. The van der Waals surface area contributed by atoms with E-state index in [1.807, 2.05) is 14.0 Å². The van der Waals surface area contributed by atoms with Crippen LogP contribution in [0.2, 0.25) is 0 Å². The smallest absolute Gasteiger partial charge is 0.319 e. The zero-order valence-electron chi connectivity index (χ0n) is 13.0. The molecule has 5 nitrogen and oxygen atoms in total. The predicted octanol–water partition coefficient (Wildman–Crippen LogP) is 2.39. The third kappa shape index (κ3) is 2.72. The first-order valence-corrected chi connectivity index (χ1v) is 7.57. The lowest BCUT2D eigenvalue weighted by molar-refractivity contribution is -0.150. The van der Waals surface area contributed by atoms with Crippen LogP contribution in [0, 0.1) is 5.92 Å². The molecule has 1 aromatic heterocycles. The predicted molar refractivity (Wildman–Crippen MR) is 76.3 cm³/mol. The molecular weight excluding hydrogens is 254 g/mol. The van der Waals surface area contributed by atoms with Crippen molar-refractivity contribution in [2.24, 2.45) is 13.0 Å². The minimum atomic E-state index is -0.576. The van der Waals surface area contributed by atoms with E-state index in [4.69, 9.17) is 4.74 Å². The maximum atomic E-state index is 12.4. The molecule has 0 amide bonds. The van der Waals surface area contributed by atoms with Gasteiger partial charge in [-0.05, 0) is 25.7 Å². The molecule has 5 heteroatoms. The number of carbonyl (C=O) groups excluding carboxylic acids is 1. The van der Waals surface area contributed by atoms with Gasteiger partial charge in [0.1, 0.15) is 11.2 Å². The third-order valence-corrected chi connectivity index (χ3v) is 3.95. The second-order valence-corrected chi connectivity index (χ2v) is 6.08. The number of carbonyl (C=O) groups is 1. The Morgan fingerprint density at radius 2 is 2.05 bits per heavy atom. The van der Waals surface area contributed by atoms with Gasteiger partial charge in [0.25, 0.3) is 0 Å². The van der Waals surface area contributed by atoms with E-state index >= 15 is 0 Å². The van der Waals surface area contributed by atoms with Gasteiger partial charge in [-0.3, -0.25) is 9.48 Å². The van der Waals surface area contributed by atoms with Gasteiger partial charge < -0.3 is 4.74 Å². The maximum Gasteiger partial charge on any atom is 0.319 e. The van der Waals surface area contributed by atoms with Gasteiger partial charge in [0.15, 0.2) is 5.82 Å². The minimum Gasteiger partial charge on any atom is -0.465 e. The Morgan fingerprint density at radius 1 is 1.40 bits per heavy atom. The highest BCUT2D eigenvalue weighted by Crippen LogP contribution is 2.41. The topological polar surface area (TPSA) is 57.0 Å². The van der Waals surface area contributed by atoms with Crippen LogP contribution in [0.4, 0.5) is 0 Å². The second-order valence-electron chi connectivity index (χ2n) is 6.08. The van der Waals surface area contributed by atoms with E-state index in [-0.39, 0.29) is 5.97 Å². The van der Waals surface area contributed by atoms with E-state index in [0.717, 1.165) is 43.8 Å². The highest BCUT2D eigenvalue weighted by atomic mass is 16.5. The zero-order chi connectivity index (χ0) is 14.8.